The van der Waals surface area contributed by atoms with Crippen molar-refractivity contribution >= 4 is 17.5 Å². The van der Waals surface area contributed by atoms with Gasteiger partial charge in [0.15, 0.2) is 0 Å². The molecule has 2 amide bonds. The number of piperazine rings is 1. The Labute approximate surface area is 186 Å². The third-order valence-corrected chi connectivity index (χ3v) is 5.70. The average molecular weight is 454 g/mol. The van der Waals surface area contributed by atoms with Crippen molar-refractivity contribution in [3.8, 4) is 6.07 Å². The van der Waals surface area contributed by atoms with Crippen molar-refractivity contribution < 1.29 is 27.5 Å². The molecule has 1 unspecified atom stereocenters. The van der Waals surface area contributed by atoms with Crippen molar-refractivity contribution in [2.75, 3.05) is 44.8 Å². The normalized spacial score (nSPS) is 16.8. The number of nitriles is 1. The molecule has 0 aromatic heterocycles. The molecular formula is C22H29F3N4O3. The van der Waals surface area contributed by atoms with Crippen LogP contribution in [0.5, 0.6) is 0 Å². The third kappa shape index (κ3) is 5.91. The summed E-state index contributed by atoms with van der Waals surface area (Å²) in [4.78, 5) is 29.1. The fourth-order valence-corrected chi connectivity index (χ4v) is 3.83. The first-order chi connectivity index (χ1) is 15.2. The predicted octanol–water partition coefficient (Wildman–Crippen LogP) is 2.79. The minimum atomic E-state index is -4.68. The van der Waals surface area contributed by atoms with Crippen molar-refractivity contribution in [2.45, 2.75) is 38.9 Å². The lowest BCUT2D eigenvalue weighted by Gasteiger charge is -2.42. The van der Waals surface area contributed by atoms with Gasteiger partial charge in [0.1, 0.15) is 6.04 Å². The second-order valence-corrected chi connectivity index (χ2v) is 7.63. The van der Waals surface area contributed by atoms with E-state index in [2.05, 4.69) is 5.32 Å². The van der Waals surface area contributed by atoms with E-state index in [0.717, 1.165) is 12.1 Å². The van der Waals surface area contributed by atoms with E-state index in [0.29, 0.717) is 19.4 Å². The smallest absolute Gasteiger partial charge is 0.383 e. The maximum Gasteiger partial charge on any atom is 0.417 e. The van der Waals surface area contributed by atoms with Crippen LogP contribution in [-0.4, -0.2) is 62.7 Å². The first kappa shape index (κ1) is 25.5. The Morgan fingerprint density at radius 1 is 1.28 bits per heavy atom. The molecule has 0 aliphatic carbocycles. The molecule has 176 valence electrons. The number of carbonyl (C=O) groups excluding carboxylic acids is 2. The first-order valence-corrected chi connectivity index (χ1v) is 10.6. The van der Waals surface area contributed by atoms with E-state index in [-0.39, 0.29) is 49.6 Å². The summed E-state index contributed by atoms with van der Waals surface area (Å²) in [6, 6.07) is 4.22. The van der Waals surface area contributed by atoms with Crippen LogP contribution in [0, 0.1) is 17.2 Å². The lowest BCUT2D eigenvalue weighted by molar-refractivity contribution is -0.144. The molecule has 1 heterocycles. The highest BCUT2D eigenvalue weighted by Gasteiger charge is 2.38. The zero-order valence-corrected chi connectivity index (χ0v) is 18.5. The standard InChI is InChI=1S/C22H29F3N4O3/c1-4-15(5-2)21(31)29-10-9-28(14-19(29)20(30)27-8-11-32-3)17-7-6-16(13-26)18(12-17)22(23,24)25/h6-7,12,15,19H,4-5,8-11,14H2,1-3H3,(H,27,30). The Hall–Kier alpha value is -2.80. The van der Waals surface area contributed by atoms with Crippen LogP contribution in [0.4, 0.5) is 18.9 Å². The number of nitrogens with one attached hydrogen (secondary N) is 1. The molecule has 1 aliphatic rings. The molecule has 1 aromatic rings. The van der Waals surface area contributed by atoms with E-state index >= 15 is 0 Å². The topological polar surface area (TPSA) is 85.7 Å². The highest BCUT2D eigenvalue weighted by atomic mass is 19.4. The van der Waals surface area contributed by atoms with E-state index in [1.54, 1.807) is 11.0 Å². The van der Waals surface area contributed by atoms with Crippen molar-refractivity contribution in [1.82, 2.24) is 10.2 Å². The van der Waals surface area contributed by atoms with Crippen molar-refractivity contribution in [3.63, 3.8) is 0 Å². The fourth-order valence-electron chi connectivity index (χ4n) is 3.83. The molecule has 7 nitrogen and oxygen atoms in total. The minimum absolute atomic E-state index is 0.0495. The van der Waals surface area contributed by atoms with E-state index in [9.17, 15) is 22.8 Å². The van der Waals surface area contributed by atoms with Gasteiger partial charge in [-0.1, -0.05) is 13.8 Å². The summed E-state index contributed by atoms with van der Waals surface area (Å²) in [6.45, 7) is 4.90. The third-order valence-electron chi connectivity index (χ3n) is 5.70. The Kier molecular flexibility index (Phi) is 8.89. The monoisotopic (exact) mass is 454 g/mol. The number of halogens is 3. The van der Waals surface area contributed by atoms with E-state index in [4.69, 9.17) is 10.00 Å². The molecule has 0 bridgehead atoms. The van der Waals surface area contributed by atoms with Gasteiger partial charge in [-0.3, -0.25) is 9.59 Å². The maximum atomic E-state index is 13.4. The predicted molar refractivity (Wildman–Crippen MR) is 113 cm³/mol. The zero-order chi connectivity index (χ0) is 23.9. The molecule has 1 N–H and O–H groups in total. The maximum absolute atomic E-state index is 13.4. The lowest BCUT2D eigenvalue weighted by atomic mass is 9.99. The van der Waals surface area contributed by atoms with Crippen LogP contribution >= 0.6 is 0 Å². The van der Waals surface area contributed by atoms with Gasteiger partial charge in [0.2, 0.25) is 11.8 Å². The largest absolute Gasteiger partial charge is 0.417 e. The number of rotatable bonds is 8. The number of benzene rings is 1. The molecule has 1 atom stereocenters. The molecule has 0 spiro atoms. The SMILES string of the molecule is CCC(CC)C(=O)N1CCN(c2ccc(C#N)c(C(F)(F)F)c2)CC1C(=O)NCCOC. The number of ether oxygens (including phenoxy) is 1. The lowest BCUT2D eigenvalue weighted by Crippen LogP contribution is -2.62. The number of hydrogen-bond acceptors (Lipinski definition) is 5. The quantitative estimate of drug-likeness (QED) is 0.611. The summed E-state index contributed by atoms with van der Waals surface area (Å²) < 4.78 is 45.1. The number of alkyl halides is 3. The van der Waals surface area contributed by atoms with Gasteiger partial charge in [-0.15, -0.1) is 0 Å². The van der Waals surface area contributed by atoms with Crippen molar-refractivity contribution in [1.29, 1.82) is 5.26 Å². The van der Waals surface area contributed by atoms with Crippen LogP contribution in [-0.2, 0) is 20.5 Å². The highest BCUT2D eigenvalue weighted by molar-refractivity contribution is 5.89. The zero-order valence-electron chi connectivity index (χ0n) is 18.5. The summed E-state index contributed by atoms with van der Waals surface area (Å²) in [5.41, 5.74) is -1.23. The van der Waals surface area contributed by atoms with Crippen LogP contribution in [0.25, 0.3) is 0 Å². The second kappa shape index (κ2) is 11.2. The van der Waals surface area contributed by atoms with Gasteiger partial charge in [-0.05, 0) is 31.0 Å². The van der Waals surface area contributed by atoms with Crippen LogP contribution < -0.4 is 10.2 Å². The average Bonchev–Trinajstić information content (AvgIpc) is 2.78. The van der Waals surface area contributed by atoms with Crippen molar-refractivity contribution in [3.05, 3.63) is 29.3 Å². The van der Waals surface area contributed by atoms with Gasteiger partial charge >= 0.3 is 6.18 Å². The van der Waals surface area contributed by atoms with Gasteiger partial charge in [-0.25, -0.2) is 0 Å². The van der Waals surface area contributed by atoms with Crippen molar-refractivity contribution in [2.24, 2.45) is 5.92 Å². The summed E-state index contributed by atoms with van der Waals surface area (Å²) in [5.74, 6) is -0.726. The number of amides is 2. The molecule has 1 aromatic carbocycles. The molecular weight excluding hydrogens is 425 g/mol. The summed E-state index contributed by atoms with van der Waals surface area (Å²) in [7, 11) is 1.50. The molecule has 1 aliphatic heterocycles. The fraction of sp³-hybridized carbons (Fsp3) is 0.591. The Morgan fingerprint density at radius 3 is 2.53 bits per heavy atom. The summed E-state index contributed by atoms with van der Waals surface area (Å²) >= 11 is 0. The number of nitrogens with zero attached hydrogens (tertiary/aromatic N) is 3. The van der Waals surface area contributed by atoms with Gasteiger partial charge < -0.3 is 19.9 Å². The molecule has 0 saturated carbocycles. The van der Waals surface area contributed by atoms with Crippen LogP contribution in [0.15, 0.2) is 18.2 Å². The number of methoxy groups -OCH3 is 1. The Balaban J connectivity index is 2.33. The molecule has 1 fully saturated rings. The van der Waals surface area contributed by atoms with Gasteiger partial charge in [0, 0.05) is 44.9 Å². The molecule has 32 heavy (non-hydrogen) atoms. The van der Waals surface area contributed by atoms with E-state index < -0.39 is 23.3 Å². The number of anilines is 1. The van der Waals surface area contributed by atoms with Gasteiger partial charge in [0.25, 0.3) is 0 Å². The van der Waals surface area contributed by atoms with E-state index in [1.165, 1.54) is 18.1 Å². The van der Waals surface area contributed by atoms with Crippen LogP contribution in [0.2, 0.25) is 0 Å². The van der Waals surface area contributed by atoms with Crippen LogP contribution in [0.1, 0.15) is 37.8 Å². The van der Waals surface area contributed by atoms with E-state index in [1.807, 2.05) is 13.8 Å². The molecule has 0 radical (unpaired) electrons. The Bertz CT molecular complexity index is 850. The second-order valence-electron chi connectivity index (χ2n) is 7.63. The highest BCUT2D eigenvalue weighted by Crippen LogP contribution is 2.35. The molecule has 2 rings (SSSR count). The number of carbonyl (C=O) groups is 2. The first-order valence-electron chi connectivity index (χ1n) is 10.6. The summed E-state index contributed by atoms with van der Waals surface area (Å²) in [6.07, 6.45) is -3.40. The van der Waals surface area contributed by atoms with Gasteiger partial charge in [0.05, 0.1) is 23.8 Å². The molecule has 10 heteroatoms. The Morgan fingerprint density at radius 2 is 1.97 bits per heavy atom. The number of hydrogen-bond donors (Lipinski definition) is 1. The van der Waals surface area contributed by atoms with Gasteiger partial charge in [-0.2, -0.15) is 18.4 Å². The summed E-state index contributed by atoms with van der Waals surface area (Å²) in [5, 5.41) is 11.8. The minimum Gasteiger partial charge on any atom is -0.383 e. The van der Waals surface area contributed by atoms with Crippen LogP contribution in [0.3, 0.4) is 0 Å². The molecule has 1 saturated heterocycles.